The van der Waals surface area contributed by atoms with Crippen molar-refractivity contribution >= 4 is 45.1 Å². The van der Waals surface area contributed by atoms with Crippen LogP contribution in [0.25, 0.3) is 10.8 Å². The van der Waals surface area contributed by atoms with Crippen LogP contribution in [0.3, 0.4) is 0 Å². The van der Waals surface area contributed by atoms with E-state index in [4.69, 9.17) is 4.74 Å². The minimum Gasteiger partial charge on any atom is -0.444 e. The van der Waals surface area contributed by atoms with Crippen LogP contribution in [0.4, 0.5) is 14.9 Å². The number of nitrogens with one attached hydrogen (secondary N) is 2. The molecule has 2 rings (SSSR count). The molecule has 1 amide bonds. The highest BCUT2D eigenvalue weighted by atomic mass is 127. The van der Waals surface area contributed by atoms with Crippen molar-refractivity contribution in [3.8, 4) is 0 Å². The van der Waals surface area contributed by atoms with Gasteiger partial charge in [-0.05, 0) is 68.8 Å². The maximum atomic E-state index is 14.4. The van der Waals surface area contributed by atoms with Crippen LogP contribution in [0.2, 0.25) is 0 Å². The predicted octanol–water partition coefficient (Wildman–Crippen LogP) is 5.43. The monoisotopic (exact) mass is 554 g/mol. The maximum absolute atomic E-state index is 14.4. The van der Waals surface area contributed by atoms with Crippen molar-refractivity contribution in [1.82, 2.24) is 14.9 Å². The van der Waals surface area contributed by atoms with Crippen molar-refractivity contribution < 1.29 is 13.9 Å². The quantitative estimate of drug-likeness (QED) is 0.258. The number of hydrogen-bond acceptors (Lipinski definition) is 5. The average Bonchev–Trinajstić information content (AvgIpc) is 2.71. The molecule has 0 saturated carbocycles. The molecule has 0 spiro atoms. The fraction of sp³-hybridized carbons (Fsp3) is 0.348. The highest BCUT2D eigenvalue weighted by molar-refractivity contribution is 14.1. The van der Waals surface area contributed by atoms with Gasteiger partial charge in [0.15, 0.2) is 0 Å². The molecule has 9 heteroatoms. The molecule has 0 radical (unpaired) electrons. The number of ether oxygens (including phenoxy) is 1. The first-order valence-corrected chi connectivity index (χ1v) is 11.2. The maximum Gasteiger partial charge on any atom is 0.407 e. The number of nitrogens with zero attached hydrogens (tertiary/aromatic N) is 2. The minimum absolute atomic E-state index is 0.228. The molecular formula is C23H28FIN4O3. The number of anilines is 1. The second-order valence-electron chi connectivity index (χ2n) is 8.08. The van der Waals surface area contributed by atoms with Crippen LogP contribution in [-0.2, 0) is 11.3 Å². The Balaban J connectivity index is 2.19. The van der Waals surface area contributed by atoms with Crippen LogP contribution in [0.5, 0.6) is 0 Å². The second-order valence-corrected chi connectivity index (χ2v) is 9.32. The first-order chi connectivity index (χ1) is 15.0. The summed E-state index contributed by atoms with van der Waals surface area (Å²) in [5, 5.41) is 6.70. The molecule has 172 valence electrons. The summed E-state index contributed by atoms with van der Waals surface area (Å²) in [5.41, 5.74) is -0.119. The third kappa shape index (κ3) is 7.47. The number of fused-ring (bicyclic) bond motifs is 1. The van der Waals surface area contributed by atoms with E-state index in [-0.39, 0.29) is 11.3 Å². The lowest BCUT2D eigenvalue weighted by atomic mass is 10.2. The van der Waals surface area contributed by atoms with Crippen molar-refractivity contribution in [3.05, 3.63) is 68.8 Å². The number of allylic oxidation sites excluding steroid dienone is 5. The van der Waals surface area contributed by atoms with E-state index < -0.39 is 17.5 Å². The number of hydrogen-bond donors (Lipinski definition) is 2. The zero-order chi connectivity index (χ0) is 23.9. The normalized spacial score (nSPS) is 12.9. The van der Waals surface area contributed by atoms with Gasteiger partial charge in [0, 0.05) is 40.1 Å². The summed E-state index contributed by atoms with van der Waals surface area (Å²) in [6.45, 7) is 11.3. The van der Waals surface area contributed by atoms with Gasteiger partial charge in [-0.1, -0.05) is 12.7 Å². The molecule has 0 aliphatic carbocycles. The fourth-order valence-corrected chi connectivity index (χ4v) is 3.07. The van der Waals surface area contributed by atoms with Crippen molar-refractivity contribution in [3.63, 3.8) is 0 Å². The van der Waals surface area contributed by atoms with Gasteiger partial charge in [-0.15, -0.1) is 0 Å². The summed E-state index contributed by atoms with van der Waals surface area (Å²) in [6.07, 6.45) is 7.71. The molecule has 0 unspecified atom stereocenters. The van der Waals surface area contributed by atoms with Gasteiger partial charge in [-0.2, -0.15) is 0 Å². The lowest BCUT2D eigenvalue weighted by Crippen LogP contribution is -2.33. The molecule has 0 fully saturated rings. The molecule has 0 aliphatic rings. The Kier molecular flexibility index (Phi) is 8.99. The van der Waals surface area contributed by atoms with Crippen molar-refractivity contribution in [2.75, 3.05) is 11.9 Å². The summed E-state index contributed by atoms with van der Waals surface area (Å²) in [5.74, 6) is -0.462. The van der Waals surface area contributed by atoms with Crippen LogP contribution in [-0.4, -0.2) is 27.8 Å². The lowest BCUT2D eigenvalue weighted by molar-refractivity contribution is 0.0526. The van der Waals surface area contributed by atoms with Crippen LogP contribution < -0.4 is 16.2 Å². The highest BCUT2D eigenvalue weighted by Gasteiger charge is 2.15. The SMILES string of the molecule is C=C/C(I)=C\C(F)=C(/C)Nc1cncc2ccn(CCCNC(=O)OC(C)(C)C)c(=O)c12. The largest absolute Gasteiger partial charge is 0.444 e. The molecule has 2 aromatic heterocycles. The molecule has 0 saturated heterocycles. The number of aromatic nitrogens is 2. The van der Waals surface area contributed by atoms with Crippen molar-refractivity contribution in [1.29, 1.82) is 0 Å². The number of carbonyl (C=O) groups excluding carboxylic acids is 1. The Morgan fingerprint density at radius 1 is 1.38 bits per heavy atom. The molecule has 2 N–H and O–H groups in total. The third-order valence-corrected chi connectivity index (χ3v) is 5.02. The Bertz CT molecular complexity index is 1120. The fourth-order valence-electron chi connectivity index (χ4n) is 2.80. The van der Waals surface area contributed by atoms with Crippen LogP contribution in [0.15, 0.2) is 63.3 Å². The van der Waals surface area contributed by atoms with Crippen LogP contribution >= 0.6 is 22.6 Å². The predicted molar refractivity (Wildman–Crippen MR) is 135 cm³/mol. The van der Waals surface area contributed by atoms with E-state index in [1.807, 2.05) is 22.6 Å². The van der Waals surface area contributed by atoms with Gasteiger partial charge in [0.05, 0.1) is 17.3 Å². The number of amides is 1. The summed E-state index contributed by atoms with van der Waals surface area (Å²) in [4.78, 5) is 29.0. The summed E-state index contributed by atoms with van der Waals surface area (Å²) >= 11 is 1.98. The van der Waals surface area contributed by atoms with E-state index in [1.54, 1.807) is 56.8 Å². The lowest BCUT2D eigenvalue weighted by Gasteiger charge is -2.19. The Hall–Kier alpha value is -2.69. The molecule has 0 atom stereocenters. The second kappa shape index (κ2) is 11.3. The molecule has 0 aromatic carbocycles. The third-order valence-electron chi connectivity index (χ3n) is 4.27. The van der Waals surface area contributed by atoms with Crippen LogP contribution in [0.1, 0.15) is 34.1 Å². The van der Waals surface area contributed by atoms with Gasteiger partial charge in [-0.3, -0.25) is 9.78 Å². The summed E-state index contributed by atoms with van der Waals surface area (Å²) in [7, 11) is 0. The van der Waals surface area contributed by atoms with E-state index in [9.17, 15) is 14.0 Å². The molecule has 32 heavy (non-hydrogen) atoms. The topological polar surface area (TPSA) is 85.2 Å². The average molecular weight is 554 g/mol. The van der Waals surface area contributed by atoms with E-state index in [0.29, 0.717) is 39.6 Å². The zero-order valence-corrected chi connectivity index (χ0v) is 20.8. The Morgan fingerprint density at radius 3 is 2.75 bits per heavy atom. The molecule has 0 bridgehead atoms. The van der Waals surface area contributed by atoms with Gasteiger partial charge in [0.2, 0.25) is 0 Å². The molecular weight excluding hydrogens is 526 g/mol. The molecule has 0 aliphatic heterocycles. The highest BCUT2D eigenvalue weighted by Crippen LogP contribution is 2.22. The van der Waals surface area contributed by atoms with Crippen LogP contribution in [0, 0.1) is 0 Å². The summed E-state index contributed by atoms with van der Waals surface area (Å²) < 4.78 is 21.8. The minimum atomic E-state index is -0.567. The van der Waals surface area contributed by atoms with Crippen molar-refractivity contribution in [2.45, 2.75) is 46.3 Å². The van der Waals surface area contributed by atoms with Crippen molar-refractivity contribution in [2.24, 2.45) is 0 Å². The number of carbonyl (C=O) groups is 1. The number of alkyl carbamates (subject to hydrolysis) is 1. The van der Waals surface area contributed by atoms with Gasteiger partial charge < -0.3 is 19.9 Å². The van der Waals surface area contributed by atoms with Gasteiger partial charge in [-0.25, -0.2) is 9.18 Å². The Labute approximate surface area is 200 Å². The van der Waals surface area contributed by atoms with Gasteiger partial charge in [0.1, 0.15) is 11.4 Å². The number of aryl methyl sites for hydroxylation is 1. The summed E-state index contributed by atoms with van der Waals surface area (Å²) in [6, 6.07) is 1.78. The smallest absolute Gasteiger partial charge is 0.407 e. The van der Waals surface area contributed by atoms with E-state index in [1.165, 1.54) is 12.3 Å². The number of pyridine rings is 2. The van der Waals surface area contributed by atoms with E-state index in [2.05, 4.69) is 22.2 Å². The molecule has 7 nitrogen and oxygen atoms in total. The van der Waals surface area contributed by atoms with Gasteiger partial charge >= 0.3 is 6.09 Å². The number of rotatable bonds is 8. The standard InChI is InChI=1S/C23H28FIN4O3/c1-6-17(25)12-18(24)15(2)28-19-14-26-13-16-8-11-29(21(30)20(16)19)10-7-9-27-22(31)32-23(3,4)5/h6,8,11-14,28H,1,7,9-10H2,2-5H3,(H,27,31)/b17-12+,18-15-. The van der Waals surface area contributed by atoms with E-state index in [0.717, 1.165) is 0 Å². The number of halogens is 2. The van der Waals surface area contributed by atoms with E-state index >= 15 is 0 Å². The first kappa shape index (κ1) is 25.6. The van der Waals surface area contributed by atoms with Gasteiger partial charge in [0.25, 0.3) is 5.56 Å². The Morgan fingerprint density at radius 2 is 2.09 bits per heavy atom. The zero-order valence-electron chi connectivity index (χ0n) is 18.7. The molecule has 2 heterocycles. The first-order valence-electron chi connectivity index (χ1n) is 10.1. The molecule has 2 aromatic rings.